The van der Waals surface area contributed by atoms with Gasteiger partial charge in [0.15, 0.2) is 0 Å². The summed E-state index contributed by atoms with van der Waals surface area (Å²) in [7, 11) is 0. The van der Waals surface area contributed by atoms with Gasteiger partial charge in [0.05, 0.1) is 6.42 Å². The van der Waals surface area contributed by atoms with E-state index in [9.17, 15) is 0 Å². The van der Waals surface area contributed by atoms with Crippen LogP contribution in [-0.2, 0) is 6.42 Å². The van der Waals surface area contributed by atoms with Gasteiger partial charge in [-0.25, -0.2) is 0 Å². The Kier molecular flexibility index (Phi) is 2.63. The summed E-state index contributed by atoms with van der Waals surface area (Å²) in [6, 6.07) is 8.06. The summed E-state index contributed by atoms with van der Waals surface area (Å²) in [6.07, 6.45) is 0.689. The zero-order chi connectivity index (χ0) is 9.97. The molecule has 0 fully saturated rings. The van der Waals surface area contributed by atoms with Crippen LogP contribution in [0.1, 0.15) is 17.3 Å². The van der Waals surface area contributed by atoms with Crippen LogP contribution in [0.25, 0.3) is 0 Å². The van der Waals surface area contributed by atoms with Crippen molar-refractivity contribution in [3.8, 4) is 0 Å². The fraction of sp³-hybridized carbons (Fsp3) is 0.200. The first-order valence-corrected chi connectivity index (χ1v) is 5.07. The molecule has 1 aromatic carbocycles. The largest absolute Gasteiger partial charge is 0.425 e. The summed E-state index contributed by atoms with van der Waals surface area (Å²) >= 11 is 3.38. The van der Waals surface area contributed by atoms with Crippen LogP contribution < -0.4 is 0 Å². The topological polar surface area (TPSA) is 38.9 Å². The quantitative estimate of drug-likeness (QED) is 0.825. The van der Waals surface area contributed by atoms with Gasteiger partial charge in [0.25, 0.3) is 0 Å². The zero-order valence-electron chi connectivity index (χ0n) is 7.70. The van der Waals surface area contributed by atoms with E-state index in [1.807, 2.05) is 24.3 Å². The SMILES string of the molecule is Cc1nnc(Cc2ccc(Br)cc2)o1. The maximum absolute atomic E-state index is 5.28. The Balaban J connectivity index is 2.15. The van der Waals surface area contributed by atoms with E-state index in [2.05, 4.69) is 26.1 Å². The Morgan fingerprint density at radius 2 is 1.93 bits per heavy atom. The fourth-order valence-corrected chi connectivity index (χ4v) is 1.45. The van der Waals surface area contributed by atoms with Gasteiger partial charge < -0.3 is 4.42 Å². The van der Waals surface area contributed by atoms with Crippen LogP contribution in [-0.4, -0.2) is 10.2 Å². The van der Waals surface area contributed by atoms with Gasteiger partial charge in [0.2, 0.25) is 11.8 Å². The van der Waals surface area contributed by atoms with E-state index in [0.717, 1.165) is 10.0 Å². The van der Waals surface area contributed by atoms with Crippen molar-refractivity contribution in [2.24, 2.45) is 0 Å². The van der Waals surface area contributed by atoms with Gasteiger partial charge in [0.1, 0.15) is 0 Å². The highest BCUT2D eigenvalue weighted by Gasteiger charge is 2.02. The number of aromatic nitrogens is 2. The van der Waals surface area contributed by atoms with E-state index >= 15 is 0 Å². The van der Waals surface area contributed by atoms with Gasteiger partial charge in [0, 0.05) is 11.4 Å². The van der Waals surface area contributed by atoms with E-state index in [0.29, 0.717) is 18.2 Å². The van der Waals surface area contributed by atoms with Crippen molar-refractivity contribution < 1.29 is 4.42 Å². The predicted molar refractivity (Wildman–Crippen MR) is 56.0 cm³/mol. The Bertz CT molecular complexity index is 422. The van der Waals surface area contributed by atoms with Crippen molar-refractivity contribution in [1.82, 2.24) is 10.2 Å². The average Bonchev–Trinajstić information content (AvgIpc) is 2.56. The molecule has 0 saturated heterocycles. The van der Waals surface area contributed by atoms with Gasteiger partial charge in [-0.3, -0.25) is 0 Å². The lowest BCUT2D eigenvalue weighted by molar-refractivity contribution is 0.477. The minimum Gasteiger partial charge on any atom is -0.425 e. The zero-order valence-corrected chi connectivity index (χ0v) is 9.28. The molecule has 0 aliphatic carbocycles. The Morgan fingerprint density at radius 3 is 2.50 bits per heavy atom. The predicted octanol–water partition coefficient (Wildman–Crippen LogP) is 2.73. The Hall–Kier alpha value is -1.16. The van der Waals surface area contributed by atoms with Crippen LogP contribution >= 0.6 is 15.9 Å². The van der Waals surface area contributed by atoms with Crippen molar-refractivity contribution in [2.75, 3.05) is 0 Å². The number of halogens is 1. The number of rotatable bonds is 2. The normalized spacial score (nSPS) is 10.4. The molecular formula is C10H9BrN2O. The highest BCUT2D eigenvalue weighted by Crippen LogP contribution is 2.13. The van der Waals surface area contributed by atoms with E-state index in [-0.39, 0.29) is 0 Å². The molecule has 14 heavy (non-hydrogen) atoms. The first-order valence-electron chi connectivity index (χ1n) is 4.27. The molecule has 0 aliphatic rings. The van der Waals surface area contributed by atoms with Crippen molar-refractivity contribution in [3.05, 3.63) is 46.1 Å². The number of nitrogens with zero attached hydrogens (tertiary/aromatic N) is 2. The Labute approximate surface area is 90.3 Å². The molecular weight excluding hydrogens is 244 g/mol. The number of hydrogen-bond donors (Lipinski definition) is 0. The highest BCUT2D eigenvalue weighted by molar-refractivity contribution is 9.10. The first kappa shape index (κ1) is 9.40. The van der Waals surface area contributed by atoms with Gasteiger partial charge in [-0.15, -0.1) is 10.2 Å². The van der Waals surface area contributed by atoms with Crippen LogP contribution in [0.15, 0.2) is 33.2 Å². The smallest absolute Gasteiger partial charge is 0.220 e. The molecule has 0 saturated carbocycles. The second-order valence-corrected chi connectivity index (χ2v) is 3.93. The number of aryl methyl sites for hydroxylation is 1. The van der Waals surface area contributed by atoms with Crippen molar-refractivity contribution in [2.45, 2.75) is 13.3 Å². The maximum atomic E-state index is 5.28. The summed E-state index contributed by atoms with van der Waals surface area (Å²) < 4.78 is 6.36. The highest BCUT2D eigenvalue weighted by atomic mass is 79.9. The molecule has 0 aliphatic heterocycles. The van der Waals surface area contributed by atoms with Crippen LogP contribution in [0.5, 0.6) is 0 Å². The van der Waals surface area contributed by atoms with Crippen LogP contribution in [0, 0.1) is 6.92 Å². The summed E-state index contributed by atoms with van der Waals surface area (Å²) in [4.78, 5) is 0. The minimum atomic E-state index is 0.608. The fourth-order valence-electron chi connectivity index (χ4n) is 1.19. The van der Waals surface area contributed by atoms with Gasteiger partial charge in [-0.2, -0.15) is 0 Å². The lowest BCUT2D eigenvalue weighted by Crippen LogP contribution is -1.87. The van der Waals surface area contributed by atoms with E-state index in [1.54, 1.807) is 6.92 Å². The molecule has 2 aromatic rings. The van der Waals surface area contributed by atoms with Gasteiger partial charge in [-0.05, 0) is 17.7 Å². The third kappa shape index (κ3) is 2.20. The number of benzene rings is 1. The molecule has 0 amide bonds. The molecule has 0 N–H and O–H groups in total. The summed E-state index contributed by atoms with van der Waals surface area (Å²) in [5.41, 5.74) is 1.16. The molecule has 1 heterocycles. The van der Waals surface area contributed by atoms with E-state index < -0.39 is 0 Å². The molecule has 0 spiro atoms. The van der Waals surface area contributed by atoms with Crippen LogP contribution in [0.4, 0.5) is 0 Å². The standard InChI is InChI=1S/C10H9BrN2O/c1-7-12-13-10(14-7)6-8-2-4-9(11)5-3-8/h2-5H,6H2,1H3. The van der Waals surface area contributed by atoms with E-state index in [1.165, 1.54) is 0 Å². The minimum absolute atomic E-state index is 0.608. The second-order valence-electron chi connectivity index (χ2n) is 3.02. The molecule has 1 aromatic heterocycles. The average molecular weight is 253 g/mol. The maximum Gasteiger partial charge on any atom is 0.220 e. The lowest BCUT2D eigenvalue weighted by Gasteiger charge is -1.96. The molecule has 0 unspecified atom stereocenters. The molecule has 3 nitrogen and oxygen atoms in total. The lowest BCUT2D eigenvalue weighted by atomic mass is 10.2. The third-order valence-corrected chi connectivity index (χ3v) is 2.37. The van der Waals surface area contributed by atoms with E-state index in [4.69, 9.17) is 4.42 Å². The number of hydrogen-bond acceptors (Lipinski definition) is 3. The Morgan fingerprint density at radius 1 is 1.21 bits per heavy atom. The van der Waals surface area contributed by atoms with Crippen molar-refractivity contribution >= 4 is 15.9 Å². The monoisotopic (exact) mass is 252 g/mol. The van der Waals surface area contributed by atoms with Gasteiger partial charge >= 0.3 is 0 Å². The third-order valence-electron chi connectivity index (χ3n) is 1.84. The summed E-state index contributed by atoms with van der Waals surface area (Å²) in [5.74, 6) is 1.27. The van der Waals surface area contributed by atoms with Crippen LogP contribution in [0.3, 0.4) is 0 Å². The molecule has 72 valence electrons. The summed E-state index contributed by atoms with van der Waals surface area (Å²) in [6.45, 7) is 1.79. The second kappa shape index (κ2) is 3.92. The first-order chi connectivity index (χ1) is 6.74. The summed E-state index contributed by atoms with van der Waals surface area (Å²) in [5, 5.41) is 7.71. The van der Waals surface area contributed by atoms with Crippen molar-refractivity contribution in [3.63, 3.8) is 0 Å². The molecule has 0 bridgehead atoms. The van der Waals surface area contributed by atoms with Crippen LogP contribution in [0.2, 0.25) is 0 Å². The molecule has 0 atom stereocenters. The molecule has 0 radical (unpaired) electrons. The van der Waals surface area contributed by atoms with Crippen molar-refractivity contribution in [1.29, 1.82) is 0 Å². The molecule has 2 rings (SSSR count). The van der Waals surface area contributed by atoms with Gasteiger partial charge in [-0.1, -0.05) is 28.1 Å². The molecule has 4 heteroatoms.